The standard InChI is InChI=1S/C9H16N2O/c12-7-1-2-9-8-10-3-5-11(9)6-4-10/h3,5,9,12H,1-2,4,6-8H2. The van der Waals surface area contributed by atoms with Crippen molar-refractivity contribution in [3.05, 3.63) is 12.4 Å². The summed E-state index contributed by atoms with van der Waals surface area (Å²) in [4.78, 5) is 4.76. The summed E-state index contributed by atoms with van der Waals surface area (Å²) in [5, 5.41) is 8.72. The second-order valence-electron chi connectivity index (χ2n) is 3.55. The van der Waals surface area contributed by atoms with E-state index in [0.717, 1.165) is 25.9 Å². The van der Waals surface area contributed by atoms with Gasteiger partial charge in [0.25, 0.3) is 0 Å². The van der Waals surface area contributed by atoms with E-state index in [1.54, 1.807) is 0 Å². The van der Waals surface area contributed by atoms with Crippen LogP contribution in [-0.4, -0.2) is 47.2 Å². The summed E-state index contributed by atoms with van der Waals surface area (Å²) in [6.07, 6.45) is 6.40. The molecule has 1 saturated heterocycles. The number of aliphatic hydroxyl groups excluding tert-OH is 1. The lowest BCUT2D eigenvalue weighted by Crippen LogP contribution is -2.52. The van der Waals surface area contributed by atoms with Crippen molar-refractivity contribution >= 4 is 0 Å². The van der Waals surface area contributed by atoms with E-state index < -0.39 is 0 Å². The molecule has 3 aliphatic rings. The first kappa shape index (κ1) is 7.92. The molecule has 68 valence electrons. The Labute approximate surface area is 73.3 Å². The summed E-state index contributed by atoms with van der Waals surface area (Å²) in [5.41, 5.74) is 0. The molecule has 0 saturated carbocycles. The fraction of sp³-hybridized carbons (Fsp3) is 0.778. The van der Waals surface area contributed by atoms with Gasteiger partial charge in [-0.05, 0) is 12.8 Å². The molecule has 3 heteroatoms. The van der Waals surface area contributed by atoms with Crippen LogP contribution in [0.15, 0.2) is 12.4 Å². The Morgan fingerprint density at radius 3 is 2.75 bits per heavy atom. The Hall–Kier alpha value is -0.700. The van der Waals surface area contributed by atoms with Gasteiger partial charge in [-0.3, -0.25) is 0 Å². The largest absolute Gasteiger partial charge is 0.396 e. The molecule has 3 nitrogen and oxygen atoms in total. The molecule has 0 aliphatic carbocycles. The van der Waals surface area contributed by atoms with Crippen LogP contribution in [0.3, 0.4) is 0 Å². The van der Waals surface area contributed by atoms with Crippen molar-refractivity contribution in [3.8, 4) is 0 Å². The summed E-state index contributed by atoms with van der Waals surface area (Å²) >= 11 is 0. The highest BCUT2D eigenvalue weighted by atomic mass is 16.2. The van der Waals surface area contributed by atoms with Crippen LogP contribution in [0.4, 0.5) is 0 Å². The van der Waals surface area contributed by atoms with Gasteiger partial charge in [0.2, 0.25) is 0 Å². The van der Waals surface area contributed by atoms with Crippen molar-refractivity contribution in [1.82, 2.24) is 9.80 Å². The lowest BCUT2D eigenvalue weighted by Gasteiger charge is -2.45. The molecule has 3 aliphatic heterocycles. The van der Waals surface area contributed by atoms with Crippen LogP contribution in [0.2, 0.25) is 0 Å². The second-order valence-corrected chi connectivity index (χ2v) is 3.55. The van der Waals surface area contributed by atoms with Crippen molar-refractivity contribution in [2.45, 2.75) is 18.9 Å². The maximum Gasteiger partial charge on any atom is 0.0461 e. The third-order valence-corrected chi connectivity index (χ3v) is 2.72. The van der Waals surface area contributed by atoms with Crippen molar-refractivity contribution in [1.29, 1.82) is 0 Å². The van der Waals surface area contributed by atoms with E-state index in [1.165, 1.54) is 6.54 Å². The molecule has 1 unspecified atom stereocenters. The van der Waals surface area contributed by atoms with Gasteiger partial charge in [-0.15, -0.1) is 0 Å². The predicted octanol–water partition coefficient (Wildman–Crippen LogP) is 0.230. The molecule has 1 fully saturated rings. The number of hydrogen-bond donors (Lipinski definition) is 1. The highest BCUT2D eigenvalue weighted by Crippen LogP contribution is 2.19. The summed E-state index contributed by atoms with van der Waals surface area (Å²) in [7, 11) is 0. The molecular formula is C9H16N2O. The average molecular weight is 168 g/mol. The Bertz CT molecular complexity index is 181. The number of rotatable bonds is 3. The number of piperazine rings is 1. The molecule has 0 aromatic heterocycles. The first-order valence-electron chi connectivity index (χ1n) is 4.69. The predicted molar refractivity (Wildman–Crippen MR) is 47.5 cm³/mol. The van der Waals surface area contributed by atoms with E-state index in [2.05, 4.69) is 22.2 Å². The fourth-order valence-electron chi connectivity index (χ4n) is 1.99. The maximum atomic E-state index is 8.72. The zero-order valence-electron chi connectivity index (χ0n) is 7.32. The van der Waals surface area contributed by atoms with Gasteiger partial charge in [-0.2, -0.15) is 0 Å². The first-order valence-corrected chi connectivity index (χ1v) is 4.69. The molecule has 0 aromatic carbocycles. The summed E-state index contributed by atoms with van der Waals surface area (Å²) in [5.74, 6) is 0. The molecule has 0 aromatic rings. The van der Waals surface area contributed by atoms with Gasteiger partial charge in [0.1, 0.15) is 0 Å². The molecule has 3 heterocycles. The van der Waals surface area contributed by atoms with Crippen molar-refractivity contribution in [2.24, 2.45) is 0 Å². The molecule has 1 atom stereocenters. The van der Waals surface area contributed by atoms with Gasteiger partial charge in [0.05, 0.1) is 0 Å². The number of fused-ring (bicyclic) bond motifs is 2. The SMILES string of the molecule is OCCCC1CN2C=CN1CC2. The van der Waals surface area contributed by atoms with E-state index in [1.807, 2.05) is 0 Å². The van der Waals surface area contributed by atoms with E-state index in [9.17, 15) is 0 Å². The number of nitrogens with zero attached hydrogens (tertiary/aromatic N) is 2. The molecule has 12 heavy (non-hydrogen) atoms. The smallest absolute Gasteiger partial charge is 0.0461 e. The molecule has 3 rings (SSSR count). The van der Waals surface area contributed by atoms with E-state index in [4.69, 9.17) is 5.11 Å². The number of aliphatic hydroxyl groups is 1. The van der Waals surface area contributed by atoms with E-state index >= 15 is 0 Å². The van der Waals surface area contributed by atoms with Gasteiger partial charge in [-0.1, -0.05) is 0 Å². The van der Waals surface area contributed by atoms with E-state index in [0.29, 0.717) is 12.6 Å². The van der Waals surface area contributed by atoms with Gasteiger partial charge in [0, 0.05) is 44.7 Å². The maximum absolute atomic E-state index is 8.72. The van der Waals surface area contributed by atoms with Crippen LogP contribution in [0.25, 0.3) is 0 Å². The summed E-state index contributed by atoms with van der Waals surface area (Å²) < 4.78 is 0. The van der Waals surface area contributed by atoms with Crippen molar-refractivity contribution < 1.29 is 5.11 Å². The molecule has 0 radical (unpaired) electrons. The van der Waals surface area contributed by atoms with Gasteiger partial charge in [0.15, 0.2) is 0 Å². The Morgan fingerprint density at radius 2 is 2.25 bits per heavy atom. The van der Waals surface area contributed by atoms with E-state index in [-0.39, 0.29) is 0 Å². The zero-order valence-corrected chi connectivity index (χ0v) is 7.32. The highest BCUT2D eigenvalue weighted by molar-refractivity contribution is 4.99. The summed E-state index contributed by atoms with van der Waals surface area (Å²) in [6, 6.07) is 0.649. The Kier molecular flexibility index (Phi) is 2.21. The van der Waals surface area contributed by atoms with Crippen LogP contribution in [0, 0.1) is 0 Å². The molecule has 0 amide bonds. The second kappa shape index (κ2) is 3.35. The molecule has 0 spiro atoms. The molecule has 1 N–H and O–H groups in total. The van der Waals surface area contributed by atoms with Gasteiger partial charge >= 0.3 is 0 Å². The third kappa shape index (κ3) is 1.41. The van der Waals surface area contributed by atoms with Crippen LogP contribution in [-0.2, 0) is 0 Å². The van der Waals surface area contributed by atoms with Crippen LogP contribution in [0.1, 0.15) is 12.8 Å². The first-order chi connectivity index (χ1) is 5.90. The fourth-order valence-corrected chi connectivity index (χ4v) is 1.99. The number of hydrogen-bond acceptors (Lipinski definition) is 3. The lowest BCUT2D eigenvalue weighted by atomic mass is 10.1. The van der Waals surface area contributed by atoms with Gasteiger partial charge in [-0.25, -0.2) is 0 Å². The van der Waals surface area contributed by atoms with Crippen molar-refractivity contribution in [3.63, 3.8) is 0 Å². The Balaban J connectivity index is 1.89. The summed E-state index contributed by atoms with van der Waals surface area (Å²) in [6.45, 7) is 3.81. The Morgan fingerprint density at radius 1 is 1.33 bits per heavy atom. The van der Waals surface area contributed by atoms with Crippen LogP contribution >= 0.6 is 0 Å². The quantitative estimate of drug-likeness (QED) is 0.653. The minimum atomic E-state index is 0.327. The van der Waals surface area contributed by atoms with Crippen LogP contribution in [0.5, 0.6) is 0 Å². The normalized spacial score (nSPS) is 26.9. The van der Waals surface area contributed by atoms with Crippen molar-refractivity contribution in [2.75, 3.05) is 26.2 Å². The monoisotopic (exact) mass is 168 g/mol. The zero-order chi connectivity index (χ0) is 8.39. The topological polar surface area (TPSA) is 26.7 Å². The molecule has 2 bridgehead atoms. The highest BCUT2D eigenvalue weighted by Gasteiger charge is 2.26. The average Bonchev–Trinajstić information content (AvgIpc) is 2.17. The third-order valence-electron chi connectivity index (χ3n) is 2.72. The molecular weight excluding hydrogens is 152 g/mol. The minimum Gasteiger partial charge on any atom is -0.396 e. The minimum absolute atomic E-state index is 0.327. The lowest BCUT2D eigenvalue weighted by molar-refractivity contribution is 0.106. The van der Waals surface area contributed by atoms with Crippen LogP contribution < -0.4 is 0 Å². The van der Waals surface area contributed by atoms with Gasteiger partial charge < -0.3 is 14.9 Å².